The van der Waals surface area contributed by atoms with Crippen LogP contribution < -0.4 is 5.73 Å². The number of carbonyl (C=O) groups excluding carboxylic acids is 1. The quantitative estimate of drug-likeness (QED) is 0.884. The zero-order valence-electron chi connectivity index (χ0n) is 12.8. The van der Waals surface area contributed by atoms with Gasteiger partial charge in [0.05, 0.1) is 11.5 Å². The first-order valence-electron chi connectivity index (χ1n) is 7.77. The molecule has 3 N–H and O–H groups in total. The van der Waals surface area contributed by atoms with Gasteiger partial charge in [0, 0.05) is 19.6 Å². The Bertz CT molecular complexity index is 459. The minimum atomic E-state index is -0.646. The summed E-state index contributed by atoms with van der Waals surface area (Å²) in [5.74, 6) is -0.0468. The minimum absolute atomic E-state index is 0.124. The molecular formula is C17H26N2O2. The fourth-order valence-corrected chi connectivity index (χ4v) is 2.91. The second-order valence-electron chi connectivity index (χ2n) is 6.30. The molecule has 0 bridgehead atoms. The molecule has 0 aromatic heterocycles. The van der Waals surface area contributed by atoms with Crippen molar-refractivity contribution in [1.82, 2.24) is 4.90 Å². The van der Waals surface area contributed by atoms with Crippen LogP contribution in [-0.2, 0) is 11.2 Å². The van der Waals surface area contributed by atoms with Gasteiger partial charge in [-0.3, -0.25) is 4.79 Å². The fraction of sp³-hybridized carbons (Fsp3) is 0.588. The summed E-state index contributed by atoms with van der Waals surface area (Å²) in [6, 6.07) is 10.00. The van der Waals surface area contributed by atoms with E-state index in [4.69, 9.17) is 5.73 Å². The molecule has 1 aliphatic rings. The average Bonchev–Trinajstić information content (AvgIpc) is 2.66. The maximum atomic E-state index is 12.7. The minimum Gasteiger partial charge on any atom is -0.390 e. The molecule has 4 heteroatoms. The highest BCUT2D eigenvalue weighted by Gasteiger charge is 2.29. The van der Waals surface area contributed by atoms with Gasteiger partial charge in [-0.05, 0) is 38.2 Å². The van der Waals surface area contributed by atoms with Crippen molar-refractivity contribution in [3.8, 4) is 0 Å². The highest BCUT2D eigenvalue weighted by Crippen LogP contribution is 2.22. The Morgan fingerprint density at radius 3 is 2.71 bits per heavy atom. The predicted octanol–water partition coefficient (Wildman–Crippen LogP) is 1.57. The van der Waals surface area contributed by atoms with E-state index in [0.29, 0.717) is 25.9 Å². The Morgan fingerprint density at radius 1 is 1.33 bits per heavy atom. The van der Waals surface area contributed by atoms with E-state index in [1.807, 2.05) is 42.2 Å². The number of carbonyl (C=O) groups is 1. The summed E-state index contributed by atoms with van der Waals surface area (Å²) in [6.45, 7) is 3.56. The highest BCUT2D eigenvalue weighted by atomic mass is 16.3. The highest BCUT2D eigenvalue weighted by molar-refractivity contribution is 5.79. The second kappa shape index (κ2) is 7.05. The monoisotopic (exact) mass is 290 g/mol. The zero-order valence-corrected chi connectivity index (χ0v) is 12.8. The summed E-state index contributed by atoms with van der Waals surface area (Å²) in [6.07, 6.45) is 2.93. The van der Waals surface area contributed by atoms with Gasteiger partial charge in [-0.2, -0.15) is 0 Å². The van der Waals surface area contributed by atoms with Gasteiger partial charge in [-0.1, -0.05) is 30.3 Å². The van der Waals surface area contributed by atoms with E-state index in [2.05, 4.69) is 0 Å². The van der Waals surface area contributed by atoms with Crippen LogP contribution in [0.1, 0.15) is 31.7 Å². The molecule has 0 radical (unpaired) electrons. The summed E-state index contributed by atoms with van der Waals surface area (Å²) < 4.78 is 0. The van der Waals surface area contributed by atoms with Crippen molar-refractivity contribution in [2.45, 2.75) is 38.2 Å². The maximum absolute atomic E-state index is 12.7. The zero-order chi connectivity index (χ0) is 15.3. The van der Waals surface area contributed by atoms with Crippen LogP contribution in [-0.4, -0.2) is 41.1 Å². The lowest BCUT2D eigenvalue weighted by molar-refractivity contribution is -0.135. The van der Waals surface area contributed by atoms with E-state index < -0.39 is 5.60 Å². The summed E-state index contributed by atoms with van der Waals surface area (Å²) in [5, 5.41) is 10.1. The molecule has 4 nitrogen and oxygen atoms in total. The number of aliphatic hydroxyl groups is 1. The summed E-state index contributed by atoms with van der Waals surface area (Å²) >= 11 is 0. The number of likely N-dealkylation sites (tertiary alicyclic amines) is 1. The third kappa shape index (κ3) is 4.55. The first-order chi connectivity index (χ1) is 10.0. The van der Waals surface area contributed by atoms with Gasteiger partial charge in [-0.15, -0.1) is 0 Å². The van der Waals surface area contributed by atoms with E-state index in [1.54, 1.807) is 0 Å². The average molecular weight is 290 g/mol. The van der Waals surface area contributed by atoms with Crippen LogP contribution in [0.25, 0.3) is 0 Å². The van der Waals surface area contributed by atoms with E-state index >= 15 is 0 Å². The number of benzene rings is 1. The van der Waals surface area contributed by atoms with Crippen molar-refractivity contribution in [3.63, 3.8) is 0 Å². The molecule has 2 rings (SSSR count). The third-order valence-corrected chi connectivity index (χ3v) is 4.33. The Labute approximate surface area is 126 Å². The number of nitrogens with two attached hydrogens (primary N) is 1. The van der Waals surface area contributed by atoms with E-state index in [9.17, 15) is 9.90 Å². The van der Waals surface area contributed by atoms with Crippen molar-refractivity contribution in [3.05, 3.63) is 35.9 Å². The molecule has 2 unspecified atom stereocenters. The molecule has 1 saturated heterocycles. The van der Waals surface area contributed by atoms with Crippen molar-refractivity contribution in [1.29, 1.82) is 0 Å². The Hall–Kier alpha value is -1.39. The summed E-state index contributed by atoms with van der Waals surface area (Å²) in [5.41, 5.74) is 6.32. The molecule has 1 amide bonds. The molecule has 0 saturated carbocycles. The lowest BCUT2D eigenvalue weighted by atomic mass is 9.97. The number of hydrogen-bond donors (Lipinski definition) is 2. The number of amides is 1. The maximum Gasteiger partial charge on any atom is 0.227 e. The first-order valence-corrected chi connectivity index (χ1v) is 7.77. The van der Waals surface area contributed by atoms with Gasteiger partial charge in [0.15, 0.2) is 0 Å². The van der Waals surface area contributed by atoms with Crippen LogP contribution in [0.5, 0.6) is 0 Å². The molecule has 1 aromatic carbocycles. The Balaban J connectivity index is 1.99. The van der Waals surface area contributed by atoms with Crippen molar-refractivity contribution >= 4 is 5.91 Å². The fourth-order valence-electron chi connectivity index (χ4n) is 2.91. The molecular weight excluding hydrogens is 264 g/mol. The van der Waals surface area contributed by atoms with E-state index in [1.165, 1.54) is 0 Å². The SMILES string of the molecule is CC1(O)CCCN(C(=O)C(CN)Cc2ccccc2)CC1. The molecule has 0 aliphatic carbocycles. The van der Waals surface area contributed by atoms with E-state index in [0.717, 1.165) is 24.9 Å². The van der Waals surface area contributed by atoms with Gasteiger partial charge in [0.2, 0.25) is 5.91 Å². The van der Waals surface area contributed by atoms with Gasteiger partial charge < -0.3 is 15.7 Å². The summed E-state index contributed by atoms with van der Waals surface area (Å²) in [4.78, 5) is 14.5. The van der Waals surface area contributed by atoms with Crippen molar-refractivity contribution < 1.29 is 9.90 Å². The van der Waals surface area contributed by atoms with Crippen molar-refractivity contribution in [2.75, 3.05) is 19.6 Å². The molecule has 1 aliphatic heterocycles. The lowest BCUT2D eigenvalue weighted by Gasteiger charge is -2.26. The van der Waals surface area contributed by atoms with Crippen LogP contribution >= 0.6 is 0 Å². The number of rotatable bonds is 4. The number of hydrogen-bond acceptors (Lipinski definition) is 3. The van der Waals surface area contributed by atoms with Gasteiger partial charge >= 0.3 is 0 Å². The normalized spacial score (nSPS) is 24.4. The van der Waals surface area contributed by atoms with Gasteiger partial charge in [-0.25, -0.2) is 0 Å². The van der Waals surface area contributed by atoms with E-state index in [-0.39, 0.29) is 11.8 Å². The molecule has 21 heavy (non-hydrogen) atoms. The van der Waals surface area contributed by atoms with Crippen molar-refractivity contribution in [2.24, 2.45) is 11.7 Å². The van der Waals surface area contributed by atoms with Crippen LogP contribution in [0.3, 0.4) is 0 Å². The molecule has 1 heterocycles. The Kier molecular flexibility index (Phi) is 5.37. The molecule has 2 atom stereocenters. The third-order valence-electron chi connectivity index (χ3n) is 4.33. The smallest absolute Gasteiger partial charge is 0.227 e. The molecule has 1 fully saturated rings. The van der Waals surface area contributed by atoms with Gasteiger partial charge in [0.1, 0.15) is 0 Å². The van der Waals surface area contributed by atoms with Crippen LogP contribution in [0.15, 0.2) is 30.3 Å². The lowest BCUT2D eigenvalue weighted by Crippen LogP contribution is -2.41. The standard InChI is InChI=1S/C17H26N2O2/c1-17(21)8-5-10-19(11-9-17)16(20)15(13-18)12-14-6-3-2-4-7-14/h2-4,6-7,15,21H,5,8-13,18H2,1H3. The molecule has 0 spiro atoms. The molecule has 116 valence electrons. The Morgan fingerprint density at radius 2 is 2.05 bits per heavy atom. The summed E-state index contributed by atoms with van der Waals surface area (Å²) in [7, 11) is 0. The molecule has 1 aromatic rings. The number of nitrogens with zero attached hydrogens (tertiary/aromatic N) is 1. The predicted molar refractivity (Wildman–Crippen MR) is 83.7 cm³/mol. The topological polar surface area (TPSA) is 66.6 Å². The second-order valence-corrected chi connectivity index (χ2v) is 6.30. The van der Waals surface area contributed by atoms with Crippen LogP contribution in [0, 0.1) is 5.92 Å². The largest absolute Gasteiger partial charge is 0.390 e. The van der Waals surface area contributed by atoms with Gasteiger partial charge in [0.25, 0.3) is 0 Å². The first kappa shape index (κ1) is 16.0. The van der Waals surface area contributed by atoms with Crippen LogP contribution in [0.2, 0.25) is 0 Å². The van der Waals surface area contributed by atoms with Crippen LogP contribution in [0.4, 0.5) is 0 Å².